The highest BCUT2D eigenvalue weighted by atomic mass is 16.5. The number of hydrogen-bond donors (Lipinski definition) is 3. The Kier molecular flexibility index (Phi) is 6.42. The van der Waals surface area contributed by atoms with E-state index in [2.05, 4.69) is 15.6 Å². The molecule has 1 heterocycles. The Morgan fingerprint density at radius 2 is 1.86 bits per heavy atom. The number of aryl methyl sites for hydroxylation is 1. The molecule has 0 atom stereocenters. The molecule has 0 fully saturated rings. The van der Waals surface area contributed by atoms with E-state index in [1.54, 1.807) is 24.4 Å². The number of pyridine rings is 1. The second kappa shape index (κ2) is 9.36. The van der Waals surface area contributed by atoms with Crippen molar-refractivity contribution in [3.8, 4) is 5.75 Å². The number of benzene rings is 2. The molecule has 0 aliphatic rings. The van der Waals surface area contributed by atoms with Crippen LogP contribution in [0.2, 0.25) is 0 Å². The van der Waals surface area contributed by atoms with Gasteiger partial charge in [0.05, 0.1) is 5.69 Å². The van der Waals surface area contributed by atoms with Crippen LogP contribution in [0.25, 0.3) is 0 Å². The van der Waals surface area contributed by atoms with Gasteiger partial charge in [-0.2, -0.15) is 0 Å². The number of urea groups is 1. The lowest BCUT2D eigenvalue weighted by molar-refractivity contribution is 0.1000. The molecule has 0 radical (unpaired) electrons. The van der Waals surface area contributed by atoms with Crippen molar-refractivity contribution < 1.29 is 14.3 Å². The van der Waals surface area contributed by atoms with Crippen molar-refractivity contribution in [2.75, 3.05) is 5.32 Å². The number of anilines is 1. The maximum atomic E-state index is 12.2. The molecule has 2 aromatic carbocycles. The Bertz CT molecular complexity index is 989. The highest BCUT2D eigenvalue weighted by molar-refractivity contribution is 5.96. The zero-order valence-electron chi connectivity index (χ0n) is 16.0. The number of carbonyl (C=O) groups is 2. The first-order valence-corrected chi connectivity index (χ1v) is 9.08. The third-order valence-corrected chi connectivity index (χ3v) is 4.26. The standard InChI is InChI=1S/C22H22N4O3/c1-15-5-8-17(21(23)27)12-20(15)26-22(28)25-13-16-6-9-19(10-7-16)29-14-18-4-2-3-11-24-18/h2-12H,13-14H2,1H3,(H2,23,27)(H2,25,26,28). The summed E-state index contributed by atoms with van der Waals surface area (Å²) in [5.74, 6) is 0.182. The van der Waals surface area contributed by atoms with Crippen LogP contribution in [0.1, 0.15) is 27.2 Å². The second-order valence-electron chi connectivity index (χ2n) is 6.46. The zero-order valence-corrected chi connectivity index (χ0v) is 16.0. The summed E-state index contributed by atoms with van der Waals surface area (Å²) in [4.78, 5) is 27.7. The molecule has 4 N–H and O–H groups in total. The summed E-state index contributed by atoms with van der Waals surface area (Å²) in [5.41, 5.74) is 8.77. The Morgan fingerprint density at radius 1 is 1.07 bits per heavy atom. The molecule has 0 unspecified atom stereocenters. The van der Waals surface area contributed by atoms with Gasteiger partial charge >= 0.3 is 6.03 Å². The summed E-state index contributed by atoms with van der Waals surface area (Å²) < 4.78 is 5.70. The van der Waals surface area contributed by atoms with Crippen LogP contribution in [-0.2, 0) is 13.2 Å². The van der Waals surface area contributed by atoms with E-state index in [1.165, 1.54) is 0 Å². The van der Waals surface area contributed by atoms with E-state index in [1.807, 2.05) is 49.4 Å². The fraction of sp³-hybridized carbons (Fsp3) is 0.136. The van der Waals surface area contributed by atoms with Crippen molar-refractivity contribution in [3.63, 3.8) is 0 Å². The summed E-state index contributed by atoms with van der Waals surface area (Å²) in [6, 6.07) is 17.7. The lowest BCUT2D eigenvalue weighted by Crippen LogP contribution is -2.28. The number of aromatic nitrogens is 1. The molecule has 0 spiro atoms. The number of nitrogens with two attached hydrogens (primary N) is 1. The number of hydrogen-bond acceptors (Lipinski definition) is 4. The van der Waals surface area contributed by atoms with Crippen LogP contribution < -0.4 is 21.1 Å². The monoisotopic (exact) mass is 390 g/mol. The fourth-order valence-electron chi connectivity index (χ4n) is 2.60. The summed E-state index contributed by atoms with van der Waals surface area (Å²) >= 11 is 0. The van der Waals surface area contributed by atoms with Gasteiger partial charge in [0.2, 0.25) is 5.91 Å². The van der Waals surface area contributed by atoms with Gasteiger partial charge in [0.1, 0.15) is 12.4 Å². The van der Waals surface area contributed by atoms with E-state index in [-0.39, 0.29) is 6.03 Å². The van der Waals surface area contributed by atoms with Crippen molar-refractivity contribution in [3.05, 3.63) is 89.2 Å². The van der Waals surface area contributed by atoms with Gasteiger partial charge in [0, 0.05) is 24.0 Å². The summed E-state index contributed by atoms with van der Waals surface area (Å²) in [6.07, 6.45) is 1.73. The molecule has 0 bridgehead atoms. The molecule has 0 aliphatic heterocycles. The predicted octanol–water partition coefficient (Wildman–Crippen LogP) is 3.39. The minimum atomic E-state index is -0.543. The number of carbonyl (C=O) groups excluding carboxylic acids is 2. The number of rotatable bonds is 7. The number of primary amides is 1. The minimum absolute atomic E-state index is 0.340. The van der Waals surface area contributed by atoms with Gasteiger partial charge < -0.3 is 21.1 Å². The highest BCUT2D eigenvalue weighted by Crippen LogP contribution is 2.17. The molecule has 29 heavy (non-hydrogen) atoms. The first-order chi connectivity index (χ1) is 14.0. The van der Waals surface area contributed by atoms with E-state index in [4.69, 9.17) is 10.5 Å². The predicted molar refractivity (Wildman–Crippen MR) is 111 cm³/mol. The largest absolute Gasteiger partial charge is 0.487 e. The molecule has 7 heteroatoms. The van der Waals surface area contributed by atoms with Crippen molar-refractivity contribution in [2.45, 2.75) is 20.1 Å². The Morgan fingerprint density at radius 3 is 2.55 bits per heavy atom. The molecule has 0 aliphatic carbocycles. The number of nitrogens with one attached hydrogen (secondary N) is 2. The third kappa shape index (κ3) is 5.80. The van der Waals surface area contributed by atoms with Gasteiger partial charge in [-0.1, -0.05) is 24.3 Å². The molecule has 3 aromatic rings. The van der Waals surface area contributed by atoms with Crippen LogP contribution in [0.3, 0.4) is 0 Å². The van der Waals surface area contributed by atoms with E-state index < -0.39 is 5.91 Å². The second-order valence-corrected chi connectivity index (χ2v) is 6.46. The number of nitrogens with zero attached hydrogens (tertiary/aromatic N) is 1. The number of amides is 3. The maximum Gasteiger partial charge on any atom is 0.319 e. The molecule has 148 valence electrons. The normalized spacial score (nSPS) is 10.2. The molecule has 1 aromatic heterocycles. The van der Waals surface area contributed by atoms with Crippen LogP contribution >= 0.6 is 0 Å². The molecule has 7 nitrogen and oxygen atoms in total. The fourth-order valence-corrected chi connectivity index (χ4v) is 2.60. The Labute approximate surface area is 168 Å². The highest BCUT2D eigenvalue weighted by Gasteiger charge is 2.08. The smallest absolute Gasteiger partial charge is 0.319 e. The van der Waals surface area contributed by atoms with Gasteiger partial charge in [0.15, 0.2) is 0 Å². The van der Waals surface area contributed by atoms with Gasteiger partial charge in [-0.3, -0.25) is 9.78 Å². The Balaban J connectivity index is 1.50. The third-order valence-electron chi connectivity index (χ3n) is 4.26. The number of ether oxygens (including phenoxy) is 1. The van der Waals surface area contributed by atoms with Crippen LogP contribution in [0.15, 0.2) is 66.9 Å². The summed E-state index contributed by atoms with van der Waals surface area (Å²) in [7, 11) is 0. The summed E-state index contributed by atoms with van der Waals surface area (Å²) in [6.45, 7) is 2.58. The Hall–Kier alpha value is -3.87. The van der Waals surface area contributed by atoms with Gasteiger partial charge in [-0.25, -0.2) is 4.79 Å². The molecular weight excluding hydrogens is 368 g/mol. The first kappa shape index (κ1) is 19.9. The topological polar surface area (TPSA) is 106 Å². The SMILES string of the molecule is Cc1ccc(C(N)=O)cc1NC(=O)NCc1ccc(OCc2ccccn2)cc1. The van der Waals surface area contributed by atoms with Gasteiger partial charge in [0.25, 0.3) is 0 Å². The minimum Gasteiger partial charge on any atom is -0.487 e. The lowest BCUT2D eigenvalue weighted by Gasteiger charge is -2.11. The molecular formula is C22H22N4O3. The van der Waals surface area contributed by atoms with Crippen LogP contribution in [0.5, 0.6) is 5.75 Å². The van der Waals surface area contributed by atoms with Gasteiger partial charge in [-0.15, -0.1) is 0 Å². The van der Waals surface area contributed by atoms with Crippen LogP contribution in [0.4, 0.5) is 10.5 Å². The molecule has 3 rings (SSSR count). The average molecular weight is 390 g/mol. The quantitative estimate of drug-likeness (QED) is 0.575. The lowest BCUT2D eigenvalue weighted by atomic mass is 10.1. The van der Waals surface area contributed by atoms with Gasteiger partial charge in [-0.05, 0) is 54.4 Å². The molecule has 0 saturated heterocycles. The van der Waals surface area contributed by atoms with E-state index in [9.17, 15) is 9.59 Å². The zero-order chi connectivity index (χ0) is 20.6. The summed E-state index contributed by atoms with van der Waals surface area (Å²) in [5, 5.41) is 5.52. The van der Waals surface area contributed by atoms with Crippen LogP contribution in [0, 0.1) is 6.92 Å². The van der Waals surface area contributed by atoms with Crippen molar-refractivity contribution in [1.29, 1.82) is 0 Å². The van der Waals surface area contributed by atoms with Crippen molar-refractivity contribution >= 4 is 17.6 Å². The first-order valence-electron chi connectivity index (χ1n) is 9.08. The maximum absolute atomic E-state index is 12.2. The average Bonchev–Trinajstić information content (AvgIpc) is 2.73. The molecule has 0 saturated carbocycles. The van der Waals surface area contributed by atoms with E-state index in [0.717, 1.165) is 22.6 Å². The van der Waals surface area contributed by atoms with E-state index >= 15 is 0 Å². The van der Waals surface area contributed by atoms with Crippen molar-refractivity contribution in [1.82, 2.24) is 10.3 Å². The van der Waals surface area contributed by atoms with E-state index in [0.29, 0.717) is 24.4 Å². The van der Waals surface area contributed by atoms with Crippen molar-refractivity contribution in [2.24, 2.45) is 5.73 Å². The van der Waals surface area contributed by atoms with Crippen LogP contribution in [-0.4, -0.2) is 16.9 Å². The molecule has 3 amide bonds.